The number of hydrogen-bond acceptors (Lipinski definition) is 1. The van der Waals surface area contributed by atoms with Crippen LogP contribution in [-0.4, -0.2) is 17.4 Å². The molecule has 0 fully saturated rings. The summed E-state index contributed by atoms with van der Waals surface area (Å²) in [5.74, 6) is -0.361. The van der Waals surface area contributed by atoms with Gasteiger partial charge in [0.15, 0.2) is 0 Å². The topological polar surface area (TPSA) is 20.2 Å². The summed E-state index contributed by atoms with van der Waals surface area (Å²) in [6.07, 6.45) is -4.67. The van der Waals surface area contributed by atoms with Crippen LogP contribution in [-0.2, 0) is 0 Å². The third-order valence-corrected chi connectivity index (χ3v) is 2.32. The Kier molecular flexibility index (Phi) is 4.12. The molecular formula is C12H13F3O. The van der Waals surface area contributed by atoms with E-state index in [4.69, 9.17) is 0 Å². The van der Waals surface area contributed by atoms with E-state index in [1.165, 1.54) is 0 Å². The maximum atomic E-state index is 11.9. The quantitative estimate of drug-likeness (QED) is 0.790. The van der Waals surface area contributed by atoms with Crippen LogP contribution in [0.1, 0.15) is 18.4 Å². The van der Waals surface area contributed by atoms with Crippen molar-refractivity contribution in [1.82, 2.24) is 0 Å². The SMILES string of the molecule is CC(c1ccccc1)C(O)/C=C\C(F)(F)F. The predicted octanol–water partition coefficient (Wildman–Crippen LogP) is 3.27. The number of alkyl halides is 3. The lowest BCUT2D eigenvalue weighted by Crippen LogP contribution is -2.14. The van der Waals surface area contributed by atoms with Gasteiger partial charge in [-0.25, -0.2) is 0 Å². The highest BCUT2D eigenvalue weighted by atomic mass is 19.4. The van der Waals surface area contributed by atoms with Crippen LogP contribution < -0.4 is 0 Å². The molecule has 88 valence electrons. The van der Waals surface area contributed by atoms with Gasteiger partial charge in [0, 0.05) is 12.0 Å². The fourth-order valence-electron chi connectivity index (χ4n) is 1.33. The number of hydrogen-bond donors (Lipinski definition) is 1. The first-order valence-electron chi connectivity index (χ1n) is 4.89. The van der Waals surface area contributed by atoms with Gasteiger partial charge in [0.2, 0.25) is 0 Å². The minimum Gasteiger partial charge on any atom is -0.388 e. The second kappa shape index (κ2) is 5.16. The Bertz CT molecular complexity index is 343. The van der Waals surface area contributed by atoms with E-state index < -0.39 is 12.3 Å². The van der Waals surface area contributed by atoms with Gasteiger partial charge in [-0.2, -0.15) is 13.2 Å². The summed E-state index contributed by atoms with van der Waals surface area (Å²) in [7, 11) is 0. The molecule has 0 saturated carbocycles. The largest absolute Gasteiger partial charge is 0.409 e. The number of rotatable bonds is 3. The maximum Gasteiger partial charge on any atom is 0.409 e. The van der Waals surface area contributed by atoms with E-state index in [0.29, 0.717) is 0 Å². The summed E-state index contributed by atoms with van der Waals surface area (Å²) in [6, 6.07) is 8.93. The summed E-state index contributed by atoms with van der Waals surface area (Å²) < 4.78 is 35.7. The molecule has 1 rings (SSSR count). The first-order valence-corrected chi connectivity index (χ1v) is 4.89. The van der Waals surface area contributed by atoms with Gasteiger partial charge >= 0.3 is 6.18 Å². The fraction of sp³-hybridized carbons (Fsp3) is 0.333. The molecule has 1 aromatic carbocycles. The van der Waals surface area contributed by atoms with Crippen molar-refractivity contribution < 1.29 is 18.3 Å². The maximum absolute atomic E-state index is 11.9. The lowest BCUT2D eigenvalue weighted by atomic mass is 9.95. The zero-order valence-corrected chi connectivity index (χ0v) is 8.78. The van der Waals surface area contributed by atoms with E-state index in [1.807, 2.05) is 6.07 Å². The van der Waals surface area contributed by atoms with Crippen molar-refractivity contribution in [3.05, 3.63) is 48.0 Å². The molecule has 16 heavy (non-hydrogen) atoms. The van der Waals surface area contributed by atoms with Gasteiger partial charge in [-0.15, -0.1) is 0 Å². The average Bonchev–Trinajstić information content (AvgIpc) is 2.25. The smallest absolute Gasteiger partial charge is 0.388 e. The molecule has 0 aromatic heterocycles. The molecule has 0 aliphatic heterocycles. The molecule has 0 saturated heterocycles. The monoisotopic (exact) mass is 230 g/mol. The van der Waals surface area contributed by atoms with Crippen LogP contribution in [0.3, 0.4) is 0 Å². The van der Waals surface area contributed by atoms with Crippen molar-refractivity contribution in [2.24, 2.45) is 0 Å². The minimum absolute atomic E-state index is 0.0666. The summed E-state index contributed by atoms with van der Waals surface area (Å²) in [4.78, 5) is 0. The zero-order valence-electron chi connectivity index (χ0n) is 8.78. The Labute approximate surface area is 92.2 Å². The Hall–Kier alpha value is -1.29. The standard InChI is InChI=1S/C12H13F3O/c1-9(10-5-3-2-4-6-10)11(16)7-8-12(13,14)15/h2-9,11,16H,1H3/b8-7-. The Morgan fingerprint density at radius 2 is 1.75 bits per heavy atom. The van der Waals surface area contributed by atoms with E-state index >= 15 is 0 Å². The molecule has 2 atom stereocenters. The number of aliphatic hydroxyl groups excluding tert-OH is 1. The molecule has 0 heterocycles. The fourth-order valence-corrected chi connectivity index (χ4v) is 1.33. The van der Waals surface area contributed by atoms with Gasteiger partial charge in [0.25, 0.3) is 0 Å². The lowest BCUT2D eigenvalue weighted by molar-refractivity contribution is -0.0806. The lowest BCUT2D eigenvalue weighted by Gasteiger charge is -2.16. The van der Waals surface area contributed by atoms with Crippen LogP contribution in [0.25, 0.3) is 0 Å². The zero-order chi connectivity index (χ0) is 12.2. The van der Waals surface area contributed by atoms with Crippen LogP contribution in [0.2, 0.25) is 0 Å². The van der Waals surface area contributed by atoms with Crippen molar-refractivity contribution in [3.63, 3.8) is 0 Å². The highest BCUT2D eigenvalue weighted by Gasteiger charge is 2.23. The van der Waals surface area contributed by atoms with Crippen molar-refractivity contribution in [2.45, 2.75) is 25.1 Å². The Balaban J connectivity index is 2.69. The Morgan fingerprint density at radius 1 is 1.19 bits per heavy atom. The van der Waals surface area contributed by atoms with Crippen LogP contribution in [0.5, 0.6) is 0 Å². The van der Waals surface area contributed by atoms with Crippen LogP contribution in [0.4, 0.5) is 13.2 Å². The molecule has 2 unspecified atom stereocenters. The molecule has 0 radical (unpaired) electrons. The third kappa shape index (κ3) is 4.06. The van der Waals surface area contributed by atoms with Gasteiger partial charge in [-0.3, -0.25) is 0 Å². The number of allylic oxidation sites excluding steroid dienone is 1. The third-order valence-electron chi connectivity index (χ3n) is 2.32. The molecule has 0 spiro atoms. The average molecular weight is 230 g/mol. The van der Waals surface area contributed by atoms with Crippen molar-refractivity contribution in [2.75, 3.05) is 0 Å². The van der Waals surface area contributed by atoms with Crippen LogP contribution >= 0.6 is 0 Å². The molecular weight excluding hydrogens is 217 g/mol. The number of halogens is 3. The summed E-state index contributed by atoms with van der Waals surface area (Å²) in [5.41, 5.74) is 0.807. The highest BCUT2D eigenvalue weighted by molar-refractivity contribution is 5.21. The van der Waals surface area contributed by atoms with Gasteiger partial charge in [-0.05, 0) is 5.56 Å². The van der Waals surface area contributed by atoms with Crippen molar-refractivity contribution >= 4 is 0 Å². The van der Waals surface area contributed by atoms with E-state index in [-0.39, 0.29) is 12.0 Å². The highest BCUT2D eigenvalue weighted by Crippen LogP contribution is 2.22. The van der Waals surface area contributed by atoms with Crippen molar-refractivity contribution in [3.8, 4) is 0 Å². The predicted molar refractivity (Wildman–Crippen MR) is 56.1 cm³/mol. The van der Waals surface area contributed by atoms with E-state index in [2.05, 4.69) is 0 Å². The molecule has 1 N–H and O–H groups in total. The van der Waals surface area contributed by atoms with E-state index in [1.54, 1.807) is 31.2 Å². The second-order valence-corrected chi connectivity index (χ2v) is 3.59. The summed E-state index contributed by atoms with van der Waals surface area (Å²) in [5, 5.41) is 9.55. The van der Waals surface area contributed by atoms with Gasteiger partial charge < -0.3 is 5.11 Å². The van der Waals surface area contributed by atoms with Gasteiger partial charge in [0.05, 0.1) is 6.10 Å². The molecule has 0 bridgehead atoms. The van der Waals surface area contributed by atoms with E-state index in [0.717, 1.165) is 11.6 Å². The Morgan fingerprint density at radius 3 is 2.25 bits per heavy atom. The second-order valence-electron chi connectivity index (χ2n) is 3.59. The molecule has 0 aliphatic rings. The molecule has 0 aliphatic carbocycles. The normalized spacial score (nSPS) is 16.3. The summed E-state index contributed by atoms with van der Waals surface area (Å²) >= 11 is 0. The molecule has 0 amide bonds. The van der Waals surface area contributed by atoms with Gasteiger partial charge in [0.1, 0.15) is 0 Å². The molecule has 1 aromatic rings. The first-order chi connectivity index (χ1) is 7.40. The van der Waals surface area contributed by atoms with Gasteiger partial charge in [-0.1, -0.05) is 43.3 Å². The first kappa shape index (κ1) is 12.8. The number of aliphatic hydroxyl groups is 1. The number of benzene rings is 1. The van der Waals surface area contributed by atoms with E-state index in [9.17, 15) is 18.3 Å². The van der Waals surface area contributed by atoms with Crippen molar-refractivity contribution in [1.29, 1.82) is 0 Å². The molecule has 1 nitrogen and oxygen atoms in total. The summed E-state index contributed by atoms with van der Waals surface area (Å²) in [6.45, 7) is 1.68. The van der Waals surface area contributed by atoms with Crippen LogP contribution in [0, 0.1) is 0 Å². The molecule has 4 heteroatoms. The minimum atomic E-state index is -4.38. The van der Waals surface area contributed by atoms with Crippen LogP contribution in [0.15, 0.2) is 42.5 Å².